The number of thiocarbonyl (C=S) groups is 1. The van der Waals surface area contributed by atoms with Crippen molar-refractivity contribution in [2.45, 2.75) is 44.3 Å². The average molecular weight is 457 g/mol. The van der Waals surface area contributed by atoms with Crippen molar-refractivity contribution in [2.24, 2.45) is 0 Å². The number of methoxy groups -OCH3 is 1. The molecule has 0 unspecified atom stereocenters. The van der Waals surface area contributed by atoms with Crippen LogP contribution in [0.15, 0.2) is 35.6 Å². The first-order valence-corrected chi connectivity index (χ1v) is 11.8. The Morgan fingerprint density at radius 3 is 2.57 bits per heavy atom. The second-order valence-corrected chi connectivity index (χ2v) is 9.40. The van der Waals surface area contributed by atoms with Gasteiger partial charge >= 0.3 is 0 Å². The van der Waals surface area contributed by atoms with Gasteiger partial charge in [0.1, 0.15) is 5.82 Å². The van der Waals surface area contributed by atoms with E-state index in [-0.39, 0.29) is 17.0 Å². The third-order valence-corrected chi connectivity index (χ3v) is 6.41. The number of sulfone groups is 1. The van der Waals surface area contributed by atoms with Gasteiger partial charge in [-0.3, -0.25) is 0 Å². The van der Waals surface area contributed by atoms with Gasteiger partial charge in [0.15, 0.2) is 5.11 Å². The van der Waals surface area contributed by atoms with Gasteiger partial charge in [-0.1, -0.05) is 12.1 Å². The SMILES string of the molecule is CCNC(=S)N(CCOC)Cc1cnc(S(=O)(=O)Cc2ccc(F)cc2)n1C(C)C. The zero-order valence-electron chi connectivity index (χ0n) is 17.8. The molecule has 0 atom stereocenters. The molecule has 0 aliphatic carbocycles. The highest BCUT2D eigenvalue weighted by Gasteiger charge is 2.26. The molecule has 7 nitrogen and oxygen atoms in total. The fraction of sp³-hybridized carbons (Fsp3) is 0.500. The molecule has 0 aliphatic heterocycles. The van der Waals surface area contributed by atoms with Crippen LogP contribution in [0.5, 0.6) is 0 Å². The Hall–Kier alpha value is -2.04. The number of hydrogen-bond donors (Lipinski definition) is 1. The Labute approximate surface area is 183 Å². The van der Waals surface area contributed by atoms with Crippen LogP contribution in [0.3, 0.4) is 0 Å². The summed E-state index contributed by atoms with van der Waals surface area (Å²) in [4.78, 5) is 6.17. The van der Waals surface area contributed by atoms with Crippen molar-refractivity contribution in [1.82, 2.24) is 19.8 Å². The third-order valence-electron chi connectivity index (χ3n) is 4.44. The van der Waals surface area contributed by atoms with E-state index in [1.54, 1.807) is 17.9 Å². The highest BCUT2D eigenvalue weighted by atomic mass is 32.2. The summed E-state index contributed by atoms with van der Waals surface area (Å²) in [5, 5.41) is 3.69. The van der Waals surface area contributed by atoms with Crippen molar-refractivity contribution in [1.29, 1.82) is 0 Å². The molecule has 1 N–H and O–H groups in total. The van der Waals surface area contributed by atoms with Crippen molar-refractivity contribution in [3.8, 4) is 0 Å². The highest BCUT2D eigenvalue weighted by molar-refractivity contribution is 7.90. The molecule has 166 valence electrons. The molecule has 30 heavy (non-hydrogen) atoms. The number of benzene rings is 1. The molecule has 0 amide bonds. The van der Waals surface area contributed by atoms with Crippen LogP contribution < -0.4 is 5.32 Å². The number of halogens is 1. The summed E-state index contributed by atoms with van der Waals surface area (Å²) in [6.45, 7) is 7.89. The maximum absolute atomic E-state index is 13.2. The average Bonchev–Trinajstić information content (AvgIpc) is 3.12. The topological polar surface area (TPSA) is 76.5 Å². The third kappa shape index (κ3) is 6.23. The summed E-state index contributed by atoms with van der Waals surface area (Å²) in [5.74, 6) is -0.658. The van der Waals surface area contributed by atoms with Gasteiger partial charge in [-0.15, -0.1) is 0 Å². The maximum Gasteiger partial charge on any atom is 0.228 e. The van der Waals surface area contributed by atoms with Crippen molar-refractivity contribution < 1.29 is 17.5 Å². The molecule has 0 aliphatic rings. The fourth-order valence-corrected chi connectivity index (χ4v) is 4.96. The molecular weight excluding hydrogens is 427 g/mol. The Morgan fingerprint density at radius 1 is 1.33 bits per heavy atom. The molecule has 0 fully saturated rings. The summed E-state index contributed by atoms with van der Waals surface area (Å²) >= 11 is 5.45. The lowest BCUT2D eigenvalue weighted by Crippen LogP contribution is -2.41. The van der Waals surface area contributed by atoms with E-state index in [1.807, 2.05) is 25.7 Å². The zero-order chi connectivity index (χ0) is 22.3. The van der Waals surface area contributed by atoms with E-state index >= 15 is 0 Å². The number of rotatable bonds is 10. The lowest BCUT2D eigenvalue weighted by atomic mass is 10.2. The van der Waals surface area contributed by atoms with E-state index < -0.39 is 15.7 Å². The molecule has 1 aromatic heterocycles. The van der Waals surface area contributed by atoms with E-state index in [2.05, 4.69) is 10.3 Å². The van der Waals surface area contributed by atoms with E-state index in [0.29, 0.717) is 36.9 Å². The van der Waals surface area contributed by atoms with Crippen LogP contribution in [-0.2, 0) is 26.9 Å². The summed E-state index contributed by atoms with van der Waals surface area (Å²) in [6.07, 6.45) is 1.58. The lowest BCUT2D eigenvalue weighted by Gasteiger charge is -2.26. The minimum absolute atomic E-state index is 0.00196. The second-order valence-electron chi connectivity index (χ2n) is 7.13. The van der Waals surface area contributed by atoms with Crippen LogP contribution in [0.1, 0.15) is 38.1 Å². The monoisotopic (exact) mass is 456 g/mol. The highest BCUT2D eigenvalue weighted by Crippen LogP contribution is 2.23. The van der Waals surface area contributed by atoms with Crippen LogP contribution in [0.25, 0.3) is 0 Å². The molecule has 1 heterocycles. The van der Waals surface area contributed by atoms with Gasteiger partial charge in [0.05, 0.1) is 30.8 Å². The van der Waals surface area contributed by atoms with Crippen molar-refractivity contribution in [3.05, 3.63) is 47.5 Å². The quantitative estimate of drug-likeness (QED) is 0.551. The minimum atomic E-state index is -3.73. The van der Waals surface area contributed by atoms with Crippen LogP contribution in [0.4, 0.5) is 4.39 Å². The number of hydrogen-bond acceptors (Lipinski definition) is 5. The smallest absolute Gasteiger partial charge is 0.228 e. The van der Waals surface area contributed by atoms with Gasteiger partial charge in [-0.2, -0.15) is 0 Å². The van der Waals surface area contributed by atoms with Gasteiger partial charge < -0.3 is 19.5 Å². The van der Waals surface area contributed by atoms with Crippen molar-refractivity contribution in [2.75, 3.05) is 26.8 Å². The van der Waals surface area contributed by atoms with Crippen LogP contribution in [0.2, 0.25) is 0 Å². The lowest BCUT2D eigenvalue weighted by molar-refractivity contribution is 0.173. The first kappa shape index (κ1) is 24.2. The molecule has 0 spiro atoms. The molecule has 0 saturated carbocycles. The summed E-state index contributed by atoms with van der Waals surface area (Å²) in [7, 11) is -2.11. The standard InChI is InChI=1S/C20H29FN4O3S2/c1-5-22-19(29)24(10-11-28-4)13-18-12-23-20(25(18)15(2)3)30(26,27)14-16-6-8-17(21)9-7-16/h6-9,12,15H,5,10-11,13-14H2,1-4H3,(H,22,29). The molecular formula is C20H29FN4O3S2. The van der Waals surface area contributed by atoms with E-state index in [0.717, 1.165) is 5.69 Å². The van der Waals surface area contributed by atoms with E-state index in [1.165, 1.54) is 24.3 Å². The molecule has 0 bridgehead atoms. The van der Waals surface area contributed by atoms with Crippen LogP contribution in [-0.4, -0.2) is 54.8 Å². The predicted molar refractivity (Wildman–Crippen MR) is 118 cm³/mol. The molecule has 10 heteroatoms. The molecule has 2 rings (SSSR count). The second kappa shape index (κ2) is 10.8. The van der Waals surface area contributed by atoms with Gasteiger partial charge in [-0.25, -0.2) is 17.8 Å². The molecule has 2 aromatic rings. The summed E-state index contributed by atoms with van der Waals surface area (Å²) in [5.41, 5.74) is 1.24. The number of imidazole rings is 1. The number of nitrogens with zero attached hydrogens (tertiary/aromatic N) is 3. The summed E-state index contributed by atoms with van der Waals surface area (Å²) in [6, 6.07) is 5.31. The van der Waals surface area contributed by atoms with E-state index in [4.69, 9.17) is 17.0 Å². The van der Waals surface area contributed by atoms with E-state index in [9.17, 15) is 12.8 Å². The first-order valence-electron chi connectivity index (χ1n) is 9.74. The zero-order valence-corrected chi connectivity index (χ0v) is 19.4. The number of nitrogens with one attached hydrogen (secondary N) is 1. The molecule has 1 aromatic carbocycles. The Balaban J connectivity index is 2.34. The van der Waals surface area contributed by atoms with Crippen LogP contribution in [0, 0.1) is 5.82 Å². The first-order chi connectivity index (χ1) is 14.2. The van der Waals surface area contributed by atoms with Gasteiger partial charge in [0.25, 0.3) is 0 Å². The number of ether oxygens (including phenoxy) is 1. The molecule has 0 saturated heterocycles. The molecule has 0 radical (unpaired) electrons. The van der Waals surface area contributed by atoms with Gasteiger partial charge in [-0.05, 0) is 50.7 Å². The van der Waals surface area contributed by atoms with Crippen LogP contribution >= 0.6 is 12.2 Å². The Morgan fingerprint density at radius 2 is 2.00 bits per heavy atom. The van der Waals surface area contributed by atoms with Gasteiger partial charge in [0.2, 0.25) is 15.0 Å². The fourth-order valence-electron chi connectivity index (χ4n) is 3.05. The van der Waals surface area contributed by atoms with Crippen molar-refractivity contribution >= 4 is 27.2 Å². The predicted octanol–water partition coefficient (Wildman–Crippen LogP) is 2.92. The number of aromatic nitrogens is 2. The minimum Gasteiger partial charge on any atom is -0.383 e. The Bertz CT molecular complexity index is 943. The summed E-state index contributed by atoms with van der Waals surface area (Å²) < 4.78 is 46.2. The maximum atomic E-state index is 13.2. The van der Waals surface area contributed by atoms with Crippen molar-refractivity contribution in [3.63, 3.8) is 0 Å². The normalized spacial score (nSPS) is 11.7. The Kier molecular flexibility index (Phi) is 8.75. The van der Waals surface area contributed by atoms with Gasteiger partial charge in [0, 0.05) is 26.2 Å². The largest absolute Gasteiger partial charge is 0.383 e.